The summed E-state index contributed by atoms with van der Waals surface area (Å²) >= 11 is 0. The summed E-state index contributed by atoms with van der Waals surface area (Å²) in [5.41, 5.74) is 1.76. The van der Waals surface area contributed by atoms with Crippen LogP contribution in [0.2, 0.25) is 0 Å². The Morgan fingerprint density at radius 3 is 2.00 bits per heavy atom. The third-order valence-electron chi connectivity index (χ3n) is 3.45. The maximum atomic E-state index is 12.1. The molecular weight excluding hydrogens is 302 g/mol. The number of benzene rings is 2. The van der Waals surface area contributed by atoms with Crippen molar-refractivity contribution >= 4 is 11.7 Å². The molecule has 0 aliphatic rings. The van der Waals surface area contributed by atoms with Crippen LogP contribution in [-0.4, -0.2) is 28.2 Å². The first-order valence-electron chi connectivity index (χ1n) is 7.48. The Balaban J connectivity index is 1.62. The standard InChI is InChI=1S/C19H15N3O2/c23-17(14-7-3-1-4-8-14)13-22-19(24)16-11-20-18(21-12-16)15-9-5-2-6-10-15/h1-12H,13H2,(H,22,24). The molecule has 3 rings (SSSR count). The maximum absolute atomic E-state index is 12.1. The molecule has 0 radical (unpaired) electrons. The number of aromatic nitrogens is 2. The molecule has 0 atom stereocenters. The van der Waals surface area contributed by atoms with E-state index in [1.165, 1.54) is 12.4 Å². The lowest BCUT2D eigenvalue weighted by atomic mass is 10.1. The van der Waals surface area contributed by atoms with Gasteiger partial charge < -0.3 is 5.32 Å². The lowest BCUT2D eigenvalue weighted by molar-refractivity contribution is 0.0903. The van der Waals surface area contributed by atoms with Crippen LogP contribution in [0.5, 0.6) is 0 Å². The van der Waals surface area contributed by atoms with Gasteiger partial charge in [-0.3, -0.25) is 9.59 Å². The van der Waals surface area contributed by atoms with E-state index in [1.54, 1.807) is 24.3 Å². The van der Waals surface area contributed by atoms with Gasteiger partial charge in [-0.2, -0.15) is 0 Å². The van der Waals surface area contributed by atoms with Crippen molar-refractivity contribution < 1.29 is 9.59 Å². The van der Waals surface area contributed by atoms with Crippen LogP contribution in [-0.2, 0) is 0 Å². The zero-order valence-electron chi connectivity index (χ0n) is 12.8. The third-order valence-corrected chi connectivity index (χ3v) is 3.45. The molecule has 5 heteroatoms. The molecule has 0 aliphatic carbocycles. The first-order chi connectivity index (χ1) is 11.7. The lowest BCUT2D eigenvalue weighted by Gasteiger charge is -2.05. The number of nitrogens with zero attached hydrogens (tertiary/aromatic N) is 2. The molecule has 0 saturated heterocycles. The van der Waals surface area contributed by atoms with E-state index < -0.39 is 0 Å². The first kappa shape index (κ1) is 15.6. The quantitative estimate of drug-likeness (QED) is 0.735. The Hall–Kier alpha value is -3.34. The summed E-state index contributed by atoms with van der Waals surface area (Å²) in [6.45, 7) is -0.0662. The van der Waals surface area contributed by atoms with E-state index in [9.17, 15) is 9.59 Å². The molecule has 2 aromatic carbocycles. The smallest absolute Gasteiger partial charge is 0.254 e. The monoisotopic (exact) mass is 317 g/mol. The Labute approximate surface area is 139 Å². The van der Waals surface area contributed by atoms with Crippen LogP contribution in [0.1, 0.15) is 20.7 Å². The Morgan fingerprint density at radius 1 is 0.792 bits per heavy atom. The molecule has 1 amide bonds. The molecule has 0 aliphatic heterocycles. The second kappa shape index (κ2) is 7.28. The topological polar surface area (TPSA) is 72.0 Å². The first-order valence-corrected chi connectivity index (χ1v) is 7.48. The van der Waals surface area contributed by atoms with E-state index in [0.29, 0.717) is 17.0 Å². The van der Waals surface area contributed by atoms with Gasteiger partial charge in [0.15, 0.2) is 11.6 Å². The zero-order valence-corrected chi connectivity index (χ0v) is 12.8. The van der Waals surface area contributed by atoms with Gasteiger partial charge in [-0.05, 0) is 0 Å². The molecule has 0 bridgehead atoms. The van der Waals surface area contributed by atoms with Crippen LogP contribution in [0.25, 0.3) is 11.4 Å². The predicted molar refractivity (Wildman–Crippen MR) is 90.6 cm³/mol. The van der Waals surface area contributed by atoms with E-state index >= 15 is 0 Å². The highest BCUT2D eigenvalue weighted by molar-refractivity contribution is 6.01. The minimum absolute atomic E-state index is 0.0662. The van der Waals surface area contributed by atoms with Gasteiger partial charge in [0.2, 0.25) is 0 Å². The minimum Gasteiger partial charge on any atom is -0.344 e. The molecule has 3 aromatic rings. The van der Waals surface area contributed by atoms with Crippen molar-refractivity contribution in [3.05, 3.63) is 84.2 Å². The molecule has 118 valence electrons. The molecule has 24 heavy (non-hydrogen) atoms. The average molecular weight is 317 g/mol. The number of rotatable bonds is 5. The number of carbonyl (C=O) groups excluding carboxylic acids is 2. The summed E-state index contributed by atoms with van der Waals surface area (Å²) in [7, 11) is 0. The molecule has 1 N–H and O–H groups in total. The fourth-order valence-corrected chi connectivity index (χ4v) is 2.17. The number of amides is 1. The van der Waals surface area contributed by atoms with E-state index in [0.717, 1.165) is 5.56 Å². The van der Waals surface area contributed by atoms with Crippen molar-refractivity contribution in [1.29, 1.82) is 0 Å². The van der Waals surface area contributed by atoms with Crippen LogP contribution < -0.4 is 5.32 Å². The number of hydrogen-bond donors (Lipinski definition) is 1. The van der Waals surface area contributed by atoms with Crippen molar-refractivity contribution in [2.75, 3.05) is 6.54 Å². The van der Waals surface area contributed by atoms with Crippen molar-refractivity contribution in [1.82, 2.24) is 15.3 Å². The van der Waals surface area contributed by atoms with Crippen LogP contribution in [0, 0.1) is 0 Å². The second-order valence-corrected chi connectivity index (χ2v) is 5.13. The Bertz CT molecular complexity index is 832. The highest BCUT2D eigenvalue weighted by Gasteiger charge is 2.11. The van der Waals surface area contributed by atoms with Crippen LogP contribution in [0.15, 0.2) is 73.1 Å². The maximum Gasteiger partial charge on any atom is 0.254 e. The van der Waals surface area contributed by atoms with E-state index in [2.05, 4.69) is 15.3 Å². The Morgan fingerprint density at radius 2 is 1.38 bits per heavy atom. The molecule has 0 saturated carbocycles. The largest absolute Gasteiger partial charge is 0.344 e. The van der Waals surface area contributed by atoms with Crippen LogP contribution in [0.4, 0.5) is 0 Å². The highest BCUT2D eigenvalue weighted by Crippen LogP contribution is 2.13. The fourth-order valence-electron chi connectivity index (χ4n) is 2.17. The number of carbonyl (C=O) groups is 2. The average Bonchev–Trinajstić information content (AvgIpc) is 2.67. The van der Waals surface area contributed by atoms with Crippen molar-refractivity contribution in [3.63, 3.8) is 0 Å². The van der Waals surface area contributed by atoms with Gasteiger partial charge in [-0.1, -0.05) is 60.7 Å². The van der Waals surface area contributed by atoms with E-state index in [4.69, 9.17) is 0 Å². The van der Waals surface area contributed by atoms with Crippen LogP contribution in [0.3, 0.4) is 0 Å². The molecule has 0 unspecified atom stereocenters. The van der Waals surface area contributed by atoms with E-state index in [-0.39, 0.29) is 18.2 Å². The molecular formula is C19H15N3O2. The van der Waals surface area contributed by atoms with Gasteiger partial charge in [0.05, 0.1) is 12.1 Å². The number of ketones is 1. The van der Waals surface area contributed by atoms with Crippen molar-refractivity contribution in [2.45, 2.75) is 0 Å². The van der Waals surface area contributed by atoms with Crippen molar-refractivity contribution in [2.24, 2.45) is 0 Å². The number of Topliss-reactive ketones (excluding diaryl/α,β-unsaturated/α-hetero) is 1. The molecule has 0 spiro atoms. The Kier molecular flexibility index (Phi) is 4.72. The van der Waals surface area contributed by atoms with Crippen LogP contribution >= 0.6 is 0 Å². The highest BCUT2D eigenvalue weighted by atomic mass is 16.2. The summed E-state index contributed by atoms with van der Waals surface area (Å²) < 4.78 is 0. The third kappa shape index (κ3) is 3.70. The van der Waals surface area contributed by atoms with Gasteiger partial charge in [0, 0.05) is 23.5 Å². The van der Waals surface area contributed by atoms with E-state index in [1.807, 2.05) is 36.4 Å². The van der Waals surface area contributed by atoms with Gasteiger partial charge in [0.25, 0.3) is 5.91 Å². The lowest BCUT2D eigenvalue weighted by Crippen LogP contribution is -2.29. The summed E-state index contributed by atoms with van der Waals surface area (Å²) in [5, 5.41) is 2.59. The van der Waals surface area contributed by atoms with Gasteiger partial charge in [-0.25, -0.2) is 9.97 Å². The molecule has 1 aromatic heterocycles. The number of nitrogens with one attached hydrogen (secondary N) is 1. The fraction of sp³-hybridized carbons (Fsp3) is 0.0526. The van der Waals surface area contributed by atoms with Gasteiger partial charge in [-0.15, -0.1) is 0 Å². The second-order valence-electron chi connectivity index (χ2n) is 5.13. The summed E-state index contributed by atoms with van der Waals surface area (Å²) in [6, 6.07) is 18.3. The predicted octanol–water partition coefficient (Wildman–Crippen LogP) is 2.76. The normalized spacial score (nSPS) is 10.2. The number of hydrogen-bond acceptors (Lipinski definition) is 4. The molecule has 5 nitrogen and oxygen atoms in total. The molecule has 0 fully saturated rings. The minimum atomic E-state index is -0.376. The van der Waals surface area contributed by atoms with Crippen molar-refractivity contribution in [3.8, 4) is 11.4 Å². The van der Waals surface area contributed by atoms with Gasteiger partial charge >= 0.3 is 0 Å². The SMILES string of the molecule is O=C(CNC(=O)c1cnc(-c2ccccc2)nc1)c1ccccc1. The summed E-state index contributed by atoms with van der Waals surface area (Å²) in [5.74, 6) is 0.0252. The zero-order chi connectivity index (χ0) is 16.8. The molecule has 1 heterocycles. The van der Waals surface area contributed by atoms with Gasteiger partial charge in [0.1, 0.15) is 0 Å². The summed E-state index contributed by atoms with van der Waals surface area (Å²) in [6.07, 6.45) is 2.91. The summed E-state index contributed by atoms with van der Waals surface area (Å²) in [4.78, 5) is 32.5.